The first kappa shape index (κ1) is 19.9. The Balaban J connectivity index is 1.46. The van der Waals surface area contributed by atoms with Gasteiger partial charge in [0, 0.05) is 38.4 Å². The van der Waals surface area contributed by atoms with E-state index in [0.29, 0.717) is 30.6 Å². The van der Waals surface area contributed by atoms with E-state index in [-0.39, 0.29) is 23.8 Å². The van der Waals surface area contributed by atoms with Crippen LogP contribution in [0, 0.1) is 11.6 Å². The van der Waals surface area contributed by atoms with E-state index in [1.54, 1.807) is 31.4 Å². The summed E-state index contributed by atoms with van der Waals surface area (Å²) in [5, 5.41) is 6.55. The van der Waals surface area contributed by atoms with Crippen LogP contribution in [0.3, 0.4) is 0 Å². The molecular formula is C20H25F2N5O. The number of rotatable bonds is 6. The molecule has 0 saturated carbocycles. The van der Waals surface area contributed by atoms with Crippen molar-refractivity contribution in [2.24, 2.45) is 4.99 Å². The fraction of sp³-hybridized carbons (Fsp3) is 0.400. The Kier molecular flexibility index (Phi) is 6.62. The Morgan fingerprint density at radius 2 is 2.21 bits per heavy atom. The molecule has 2 unspecified atom stereocenters. The highest BCUT2D eigenvalue weighted by Crippen LogP contribution is 2.20. The molecule has 1 aliphatic rings. The van der Waals surface area contributed by atoms with Gasteiger partial charge in [0.2, 0.25) is 0 Å². The van der Waals surface area contributed by atoms with Crippen LogP contribution >= 0.6 is 0 Å². The molecule has 2 atom stereocenters. The molecule has 28 heavy (non-hydrogen) atoms. The third-order valence-electron chi connectivity index (χ3n) is 4.48. The minimum atomic E-state index is -0.328. The zero-order valence-corrected chi connectivity index (χ0v) is 16.0. The number of ether oxygens (including phenoxy) is 1. The summed E-state index contributed by atoms with van der Waals surface area (Å²) in [6.07, 6.45) is 2.27. The molecule has 1 saturated heterocycles. The van der Waals surface area contributed by atoms with Crippen LogP contribution in [0.1, 0.15) is 13.3 Å². The van der Waals surface area contributed by atoms with Gasteiger partial charge >= 0.3 is 0 Å². The first-order valence-electron chi connectivity index (χ1n) is 9.30. The number of benzene rings is 1. The van der Waals surface area contributed by atoms with Gasteiger partial charge in [0.05, 0.1) is 6.54 Å². The summed E-state index contributed by atoms with van der Waals surface area (Å²) in [6, 6.07) is 9.20. The monoisotopic (exact) mass is 389 g/mol. The lowest BCUT2D eigenvalue weighted by Gasteiger charge is -2.21. The van der Waals surface area contributed by atoms with E-state index in [1.165, 1.54) is 18.2 Å². The predicted octanol–water partition coefficient (Wildman–Crippen LogP) is 2.57. The van der Waals surface area contributed by atoms with Gasteiger partial charge in [-0.25, -0.2) is 13.8 Å². The summed E-state index contributed by atoms with van der Waals surface area (Å²) in [5.74, 6) is 0.871. The van der Waals surface area contributed by atoms with E-state index in [4.69, 9.17) is 4.74 Å². The molecule has 150 valence electrons. The molecule has 1 aromatic heterocycles. The number of hydrogen-bond donors (Lipinski definition) is 2. The second-order valence-corrected chi connectivity index (χ2v) is 6.72. The first-order valence-corrected chi connectivity index (χ1v) is 9.30. The van der Waals surface area contributed by atoms with Crippen LogP contribution < -0.4 is 20.3 Å². The highest BCUT2D eigenvalue weighted by molar-refractivity contribution is 5.80. The molecule has 0 aliphatic carbocycles. The molecule has 0 bridgehead atoms. The molecule has 0 radical (unpaired) electrons. The fourth-order valence-corrected chi connectivity index (χ4v) is 3.12. The molecule has 8 heteroatoms. The smallest absolute Gasteiger partial charge is 0.191 e. The van der Waals surface area contributed by atoms with E-state index in [0.717, 1.165) is 13.0 Å². The molecule has 0 amide bonds. The van der Waals surface area contributed by atoms with Crippen molar-refractivity contribution >= 4 is 11.8 Å². The second kappa shape index (κ2) is 9.34. The molecule has 6 nitrogen and oxygen atoms in total. The van der Waals surface area contributed by atoms with Crippen LogP contribution in [0.5, 0.6) is 5.75 Å². The van der Waals surface area contributed by atoms with Gasteiger partial charge in [-0.15, -0.1) is 0 Å². The minimum Gasteiger partial charge on any atom is -0.489 e. The molecule has 2 heterocycles. The van der Waals surface area contributed by atoms with Crippen molar-refractivity contribution in [3.63, 3.8) is 0 Å². The first-order chi connectivity index (χ1) is 13.5. The van der Waals surface area contributed by atoms with Crippen LogP contribution in [0.25, 0.3) is 0 Å². The highest BCUT2D eigenvalue weighted by Gasteiger charge is 2.26. The van der Waals surface area contributed by atoms with Crippen molar-refractivity contribution < 1.29 is 13.5 Å². The minimum absolute atomic E-state index is 0.132. The molecule has 1 aliphatic heterocycles. The Hall–Kier alpha value is -2.90. The second-order valence-electron chi connectivity index (χ2n) is 6.72. The van der Waals surface area contributed by atoms with Crippen molar-refractivity contribution in [3.05, 3.63) is 54.2 Å². The summed E-state index contributed by atoms with van der Waals surface area (Å²) in [5.41, 5.74) is 0. The zero-order chi connectivity index (χ0) is 19.9. The van der Waals surface area contributed by atoms with Gasteiger partial charge in [-0.05, 0) is 37.6 Å². The lowest BCUT2D eigenvalue weighted by Crippen LogP contribution is -2.47. The number of pyridine rings is 1. The molecule has 3 rings (SSSR count). The van der Waals surface area contributed by atoms with Gasteiger partial charge in [-0.1, -0.05) is 6.07 Å². The molecule has 0 spiro atoms. The van der Waals surface area contributed by atoms with E-state index in [2.05, 4.69) is 20.6 Å². The van der Waals surface area contributed by atoms with E-state index in [1.807, 2.05) is 11.8 Å². The normalized spacial score (nSPS) is 18.1. The van der Waals surface area contributed by atoms with Crippen molar-refractivity contribution in [3.8, 4) is 5.75 Å². The number of guanidine groups is 1. The van der Waals surface area contributed by atoms with Crippen LogP contribution in [-0.4, -0.2) is 49.8 Å². The lowest BCUT2D eigenvalue weighted by atomic mass is 10.3. The number of nitrogens with zero attached hydrogens (tertiary/aromatic N) is 3. The molecule has 1 fully saturated rings. The largest absolute Gasteiger partial charge is 0.489 e. The number of halogens is 2. The zero-order valence-electron chi connectivity index (χ0n) is 16.0. The van der Waals surface area contributed by atoms with Crippen LogP contribution in [-0.2, 0) is 0 Å². The van der Waals surface area contributed by atoms with Crippen molar-refractivity contribution in [1.82, 2.24) is 15.6 Å². The van der Waals surface area contributed by atoms with E-state index < -0.39 is 0 Å². The highest BCUT2D eigenvalue weighted by atomic mass is 19.1. The Bertz CT molecular complexity index is 817. The third-order valence-corrected chi connectivity index (χ3v) is 4.48. The Labute approximate surface area is 163 Å². The number of anilines is 1. The quantitative estimate of drug-likeness (QED) is 0.587. The van der Waals surface area contributed by atoms with Crippen LogP contribution in [0.15, 0.2) is 47.6 Å². The maximum Gasteiger partial charge on any atom is 0.191 e. The fourth-order valence-electron chi connectivity index (χ4n) is 3.12. The van der Waals surface area contributed by atoms with Gasteiger partial charge in [-0.2, -0.15) is 0 Å². The van der Waals surface area contributed by atoms with Crippen molar-refractivity contribution in [2.45, 2.75) is 25.5 Å². The summed E-state index contributed by atoms with van der Waals surface area (Å²) < 4.78 is 32.9. The van der Waals surface area contributed by atoms with Gasteiger partial charge < -0.3 is 20.3 Å². The van der Waals surface area contributed by atoms with Gasteiger partial charge in [0.25, 0.3) is 0 Å². The maximum atomic E-state index is 13.9. The summed E-state index contributed by atoms with van der Waals surface area (Å²) in [6.45, 7) is 3.76. The van der Waals surface area contributed by atoms with Crippen LogP contribution in [0.4, 0.5) is 14.6 Å². The summed E-state index contributed by atoms with van der Waals surface area (Å²) in [4.78, 5) is 10.3. The average molecular weight is 389 g/mol. The predicted molar refractivity (Wildman–Crippen MR) is 106 cm³/mol. The van der Waals surface area contributed by atoms with Crippen molar-refractivity contribution in [1.29, 1.82) is 0 Å². The SMILES string of the molecule is CN=C(NCC(C)Oc1cccc(F)c1)NC1CCN(c2ncccc2F)C1. The summed E-state index contributed by atoms with van der Waals surface area (Å²) in [7, 11) is 1.69. The molecule has 2 aromatic rings. The number of aliphatic imine (C=N–C) groups is 1. The third kappa shape index (κ3) is 5.31. The molecule has 1 aromatic carbocycles. The van der Waals surface area contributed by atoms with Gasteiger partial charge in [0.15, 0.2) is 17.6 Å². The van der Waals surface area contributed by atoms with Gasteiger partial charge in [-0.3, -0.25) is 4.99 Å². The topological polar surface area (TPSA) is 61.8 Å². The number of aromatic nitrogens is 1. The number of nitrogens with one attached hydrogen (secondary N) is 2. The van der Waals surface area contributed by atoms with E-state index in [9.17, 15) is 8.78 Å². The maximum absolute atomic E-state index is 13.9. The van der Waals surface area contributed by atoms with Crippen molar-refractivity contribution in [2.75, 3.05) is 31.6 Å². The van der Waals surface area contributed by atoms with Gasteiger partial charge in [0.1, 0.15) is 17.7 Å². The lowest BCUT2D eigenvalue weighted by molar-refractivity contribution is 0.223. The Morgan fingerprint density at radius 1 is 1.36 bits per heavy atom. The standard InChI is InChI=1S/C20H25F2N5O/c1-14(28-17-6-3-5-15(21)11-17)12-25-20(23-2)26-16-8-10-27(13-16)19-18(22)7-4-9-24-19/h3-7,9,11,14,16H,8,10,12-13H2,1-2H3,(H2,23,25,26). The van der Waals surface area contributed by atoms with Crippen LogP contribution in [0.2, 0.25) is 0 Å². The van der Waals surface area contributed by atoms with E-state index >= 15 is 0 Å². The molecule has 2 N–H and O–H groups in total. The number of hydrogen-bond acceptors (Lipinski definition) is 4. The average Bonchev–Trinajstić information content (AvgIpc) is 3.13. The Morgan fingerprint density at radius 3 is 2.96 bits per heavy atom. The summed E-state index contributed by atoms with van der Waals surface area (Å²) >= 11 is 0. The molecular weight excluding hydrogens is 364 g/mol.